The van der Waals surface area contributed by atoms with E-state index in [1.807, 2.05) is 45.0 Å². The molecule has 0 spiro atoms. The Hall–Kier alpha value is -3.26. The average molecular weight is 350 g/mol. The molecule has 0 heterocycles. The summed E-state index contributed by atoms with van der Waals surface area (Å²) in [5.74, 6) is 0.715. The van der Waals surface area contributed by atoms with Crippen LogP contribution in [0.4, 0.5) is 5.69 Å². The topological polar surface area (TPSA) is 71.3 Å². The van der Waals surface area contributed by atoms with Gasteiger partial charge in [0, 0.05) is 5.69 Å². The molecule has 0 fully saturated rings. The summed E-state index contributed by atoms with van der Waals surface area (Å²) in [7, 11) is 1.55. The number of nitrogens with zero attached hydrogens (tertiary/aromatic N) is 1. The summed E-state index contributed by atoms with van der Waals surface area (Å²) in [6, 6.07) is 12.9. The Morgan fingerprint density at radius 1 is 1.23 bits per heavy atom. The van der Waals surface area contributed by atoms with E-state index in [1.54, 1.807) is 25.3 Å². The first-order valence-electron chi connectivity index (χ1n) is 8.30. The van der Waals surface area contributed by atoms with Gasteiger partial charge in [0.1, 0.15) is 11.6 Å². The number of methoxy groups -OCH3 is 1. The van der Waals surface area contributed by atoms with Gasteiger partial charge in [-0.1, -0.05) is 18.2 Å². The fourth-order valence-corrected chi connectivity index (χ4v) is 2.44. The molecule has 26 heavy (non-hydrogen) atoms. The summed E-state index contributed by atoms with van der Waals surface area (Å²) in [6.45, 7) is 6.31. The van der Waals surface area contributed by atoms with Crippen LogP contribution in [0, 0.1) is 25.2 Å². The first kappa shape index (κ1) is 19.1. The molecular formula is C21H22N2O3. The molecule has 1 N–H and O–H groups in total. The molecule has 0 atom stereocenters. The second-order valence-corrected chi connectivity index (χ2v) is 5.71. The van der Waals surface area contributed by atoms with Crippen LogP contribution in [0.1, 0.15) is 23.6 Å². The Morgan fingerprint density at radius 2 is 2.00 bits per heavy atom. The predicted octanol–water partition coefficient (Wildman–Crippen LogP) is 4.26. The summed E-state index contributed by atoms with van der Waals surface area (Å²) in [5, 5.41) is 12.2. The van der Waals surface area contributed by atoms with Crippen molar-refractivity contribution in [1.82, 2.24) is 0 Å². The summed E-state index contributed by atoms with van der Waals surface area (Å²) < 4.78 is 10.8. The van der Waals surface area contributed by atoms with Crippen molar-refractivity contribution in [3.05, 3.63) is 58.7 Å². The SMILES string of the molecule is CCOc1ccc(/C=C(\C#N)C(=O)Nc2cccc(C)c2C)cc1OC. The molecule has 2 aromatic carbocycles. The van der Waals surface area contributed by atoms with E-state index >= 15 is 0 Å². The van der Waals surface area contributed by atoms with E-state index in [-0.39, 0.29) is 5.57 Å². The van der Waals surface area contributed by atoms with Gasteiger partial charge >= 0.3 is 0 Å². The van der Waals surface area contributed by atoms with Gasteiger partial charge in [-0.3, -0.25) is 4.79 Å². The number of benzene rings is 2. The third kappa shape index (κ3) is 4.42. The van der Waals surface area contributed by atoms with Crippen LogP contribution in [0.3, 0.4) is 0 Å². The monoisotopic (exact) mass is 350 g/mol. The summed E-state index contributed by atoms with van der Waals surface area (Å²) >= 11 is 0. The van der Waals surface area contributed by atoms with Crippen LogP contribution in [0.2, 0.25) is 0 Å². The minimum Gasteiger partial charge on any atom is -0.493 e. The number of ether oxygens (including phenoxy) is 2. The third-order valence-corrected chi connectivity index (χ3v) is 4.02. The molecule has 0 saturated heterocycles. The van der Waals surface area contributed by atoms with Gasteiger partial charge in [-0.25, -0.2) is 0 Å². The first-order chi connectivity index (χ1) is 12.5. The van der Waals surface area contributed by atoms with Crippen molar-refractivity contribution in [1.29, 1.82) is 5.26 Å². The number of carbonyl (C=O) groups is 1. The molecule has 0 aromatic heterocycles. The van der Waals surface area contributed by atoms with Crippen LogP contribution in [0.5, 0.6) is 11.5 Å². The van der Waals surface area contributed by atoms with Crippen LogP contribution in [0.25, 0.3) is 6.08 Å². The van der Waals surface area contributed by atoms with Crippen molar-refractivity contribution >= 4 is 17.7 Å². The van der Waals surface area contributed by atoms with Crippen molar-refractivity contribution in [3.63, 3.8) is 0 Å². The molecular weight excluding hydrogens is 328 g/mol. The number of anilines is 1. The Morgan fingerprint density at radius 3 is 2.65 bits per heavy atom. The first-order valence-corrected chi connectivity index (χ1v) is 8.30. The molecule has 0 saturated carbocycles. The molecule has 0 radical (unpaired) electrons. The van der Waals surface area contributed by atoms with Gasteiger partial charge in [0.15, 0.2) is 11.5 Å². The maximum absolute atomic E-state index is 12.5. The number of amides is 1. The van der Waals surface area contributed by atoms with Crippen LogP contribution in [-0.4, -0.2) is 19.6 Å². The van der Waals surface area contributed by atoms with Gasteiger partial charge in [0.25, 0.3) is 5.91 Å². The van der Waals surface area contributed by atoms with E-state index in [2.05, 4.69) is 5.32 Å². The maximum Gasteiger partial charge on any atom is 0.266 e. The molecule has 0 aliphatic heterocycles. The second kappa shape index (κ2) is 8.72. The highest BCUT2D eigenvalue weighted by atomic mass is 16.5. The lowest BCUT2D eigenvalue weighted by Crippen LogP contribution is -2.14. The van der Waals surface area contributed by atoms with E-state index in [4.69, 9.17) is 9.47 Å². The van der Waals surface area contributed by atoms with Gasteiger partial charge in [-0.05, 0) is 61.7 Å². The van der Waals surface area contributed by atoms with E-state index in [9.17, 15) is 10.1 Å². The second-order valence-electron chi connectivity index (χ2n) is 5.71. The smallest absolute Gasteiger partial charge is 0.266 e. The Kier molecular flexibility index (Phi) is 6.40. The highest BCUT2D eigenvalue weighted by molar-refractivity contribution is 6.10. The number of hydrogen-bond acceptors (Lipinski definition) is 4. The maximum atomic E-state index is 12.5. The minimum absolute atomic E-state index is 0.0112. The zero-order valence-corrected chi connectivity index (χ0v) is 15.4. The van der Waals surface area contributed by atoms with Gasteiger partial charge in [0.2, 0.25) is 0 Å². The number of aryl methyl sites for hydroxylation is 1. The Balaban J connectivity index is 2.28. The summed E-state index contributed by atoms with van der Waals surface area (Å²) in [5.41, 5.74) is 3.43. The zero-order valence-electron chi connectivity index (χ0n) is 15.4. The van der Waals surface area contributed by atoms with Gasteiger partial charge in [-0.15, -0.1) is 0 Å². The van der Waals surface area contributed by atoms with Gasteiger partial charge in [0.05, 0.1) is 13.7 Å². The Bertz CT molecular complexity index is 879. The number of nitrogens with one attached hydrogen (secondary N) is 1. The van der Waals surface area contributed by atoms with E-state index in [1.165, 1.54) is 6.08 Å². The van der Waals surface area contributed by atoms with Gasteiger partial charge in [-0.2, -0.15) is 5.26 Å². The van der Waals surface area contributed by atoms with E-state index in [0.717, 1.165) is 11.1 Å². The van der Waals surface area contributed by atoms with Crippen LogP contribution in [0.15, 0.2) is 42.0 Å². The van der Waals surface area contributed by atoms with Crippen molar-refractivity contribution in [3.8, 4) is 17.6 Å². The molecule has 5 nitrogen and oxygen atoms in total. The third-order valence-electron chi connectivity index (χ3n) is 4.02. The molecule has 0 bridgehead atoms. The van der Waals surface area contributed by atoms with Crippen molar-refractivity contribution in [2.24, 2.45) is 0 Å². The normalized spacial score (nSPS) is 10.8. The molecule has 1 amide bonds. The predicted molar refractivity (Wildman–Crippen MR) is 102 cm³/mol. The van der Waals surface area contributed by atoms with Crippen LogP contribution in [-0.2, 0) is 4.79 Å². The highest BCUT2D eigenvalue weighted by Crippen LogP contribution is 2.29. The molecule has 0 aliphatic carbocycles. The lowest BCUT2D eigenvalue weighted by atomic mass is 10.1. The standard InChI is InChI=1S/C21H22N2O3/c1-5-26-19-10-9-16(12-20(19)25-4)11-17(13-22)21(24)23-18-8-6-7-14(2)15(18)3/h6-12H,5H2,1-4H3,(H,23,24)/b17-11+. The lowest BCUT2D eigenvalue weighted by Gasteiger charge is -2.11. The molecule has 0 aliphatic rings. The fraction of sp³-hybridized carbons (Fsp3) is 0.238. The van der Waals surface area contributed by atoms with Crippen LogP contribution >= 0.6 is 0 Å². The number of carbonyl (C=O) groups excluding carboxylic acids is 1. The van der Waals surface area contributed by atoms with Crippen molar-refractivity contribution in [2.45, 2.75) is 20.8 Å². The molecule has 0 unspecified atom stereocenters. The summed E-state index contributed by atoms with van der Waals surface area (Å²) in [6.07, 6.45) is 1.53. The number of rotatable bonds is 6. The summed E-state index contributed by atoms with van der Waals surface area (Å²) in [4.78, 5) is 12.5. The zero-order chi connectivity index (χ0) is 19.1. The van der Waals surface area contributed by atoms with Crippen molar-refractivity contribution in [2.75, 3.05) is 19.0 Å². The number of nitriles is 1. The fourth-order valence-electron chi connectivity index (χ4n) is 2.44. The van der Waals surface area contributed by atoms with E-state index < -0.39 is 5.91 Å². The van der Waals surface area contributed by atoms with Crippen LogP contribution < -0.4 is 14.8 Å². The molecule has 5 heteroatoms. The largest absolute Gasteiger partial charge is 0.493 e. The Labute approximate surface area is 153 Å². The van der Waals surface area contributed by atoms with E-state index in [0.29, 0.717) is 29.4 Å². The number of hydrogen-bond donors (Lipinski definition) is 1. The van der Waals surface area contributed by atoms with Crippen molar-refractivity contribution < 1.29 is 14.3 Å². The lowest BCUT2D eigenvalue weighted by molar-refractivity contribution is -0.112. The molecule has 2 rings (SSSR count). The molecule has 2 aromatic rings. The minimum atomic E-state index is -0.450. The average Bonchev–Trinajstić information content (AvgIpc) is 2.64. The van der Waals surface area contributed by atoms with Gasteiger partial charge < -0.3 is 14.8 Å². The quantitative estimate of drug-likeness (QED) is 0.624. The molecule has 134 valence electrons. The highest BCUT2D eigenvalue weighted by Gasteiger charge is 2.12.